The Hall–Kier alpha value is -2.23. The number of likely N-dealkylation sites (N-methyl/N-ethyl adjacent to an activating group) is 1. The molecule has 1 unspecified atom stereocenters. The Balaban J connectivity index is 2.21. The van der Waals surface area contributed by atoms with E-state index >= 15 is 0 Å². The van der Waals surface area contributed by atoms with Crippen LogP contribution in [0.1, 0.15) is 31.4 Å². The van der Waals surface area contributed by atoms with Crippen molar-refractivity contribution in [3.8, 4) is 0 Å². The number of aryl methyl sites for hydroxylation is 1. The molecule has 1 aliphatic heterocycles. The number of hydrogen-bond acceptors (Lipinski definition) is 7. The third kappa shape index (κ3) is 3.69. The van der Waals surface area contributed by atoms with Gasteiger partial charge in [0.05, 0.1) is 23.1 Å². The highest BCUT2D eigenvalue weighted by molar-refractivity contribution is 8.26. The molecule has 3 rings (SSSR count). The molecule has 1 atom stereocenters. The first-order valence-electron chi connectivity index (χ1n) is 9.05. The van der Waals surface area contributed by atoms with Crippen LogP contribution in [0.25, 0.3) is 11.7 Å². The number of carbonyl (C=O) groups is 1. The number of nitrogens with one attached hydrogen (secondary N) is 1. The number of rotatable bonds is 6. The molecule has 0 bridgehead atoms. The summed E-state index contributed by atoms with van der Waals surface area (Å²) in [5.41, 5.74) is 1.36. The molecule has 1 fully saturated rings. The van der Waals surface area contributed by atoms with Crippen LogP contribution in [0.3, 0.4) is 0 Å². The number of carbonyl (C=O) groups excluding carboxylic acids is 1. The van der Waals surface area contributed by atoms with Gasteiger partial charge in [-0.2, -0.15) is 0 Å². The highest BCUT2D eigenvalue weighted by atomic mass is 32.2. The van der Waals surface area contributed by atoms with Crippen LogP contribution in [0.4, 0.5) is 5.82 Å². The maximum absolute atomic E-state index is 13.2. The first-order chi connectivity index (χ1) is 13.4. The molecular formula is C19H22N4O3S2. The largest absolute Gasteiger partial charge is 0.394 e. The van der Waals surface area contributed by atoms with E-state index in [-0.39, 0.29) is 29.7 Å². The summed E-state index contributed by atoms with van der Waals surface area (Å²) in [6, 6.07) is 3.40. The predicted molar refractivity (Wildman–Crippen MR) is 117 cm³/mol. The van der Waals surface area contributed by atoms with Gasteiger partial charge in [-0.3, -0.25) is 18.9 Å². The molecular weight excluding hydrogens is 396 g/mol. The number of anilines is 1. The fourth-order valence-corrected chi connectivity index (χ4v) is 4.29. The fourth-order valence-electron chi connectivity index (χ4n) is 2.93. The van der Waals surface area contributed by atoms with Crippen molar-refractivity contribution in [3.63, 3.8) is 0 Å². The summed E-state index contributed by atoms with van der Waals surface area (Å²) in [6.45, 7) is 6.04. The zero-order chi connectivity index (χ0) is 20.4. The lowest BCUT2D eigenvalue weighted by atomic mass is 10.2. The number of aliphatic hydroxyl groups is 1. The summed E-state index contributed by atoms with van der Waals surface area (Å²) in [5.74, 6) is 0.133. The SMILES string of the molecule is CCC(CO)Nc1nc2c(C)cccn2c(=O)c1C=C1SC(=S)N(CC)C1=O. The zero-order valence-electron chi connectivity index (χ0n) is 15.9. The number of amides is 1. The summed E-state index contributed by atoms with van der Waals surface area (Å²) in [7, 11) is 0. The molecule has 2 aromatic heterocycles. The molecule has 0 radical (unpaired) electrons. The molecule has 0 aromatic carbocycles. The van der Waals surface area contributed by atoms with E-state index in [1.165, 1.54) is 21.1 Å². The maximum atomic E-state index is 13.2. The van der Waals surface area contributed by atoms with Crippen LogP contribution in [-0.2, 0) is 4.79 Å². The highest BCUT2D eigenvalue weighted by Crippen LogP contribution is 2.32. The second-order valence-electron chi connectivity index (χ2n) is 6.42. The molecule has 28 heavy (non-hydrogen) atoms. The van der Waals surface area contributed by atoms with Crippen molar-refractivity contribution >= 4 is 51.7 Å². The number of thiocarbonyl (C=S) groups is 1. The molecule has 0 saturated carbocycles. The normalized spacial score (nSPS) is 17.0. The van der Waals surface area contributed by atoms with Crippen molar-refractivity contribution in [2.24, 2.45) is 0 Å². The summed E-state index contributed by atoms with van der Waals surface area (Å²) in [6.07, 6.45) is 3.85. The van der Waals surface area contributed by atoms with Gasteiger partial charge in [0, 0.05) is 12.7 Å². The van der Waals surface area contributed by atoms with Crippen molar-refractivity contribution in [2.75, 3.05) is 18.5 Å². The zero-order valence-corrected chi connectivity index (χ0v) is 17.6. The molecule has 1 aliphatic rings. The van der Waals surface area contributed by atoms with Crippen LogP contribution in [0.15, 0.2) is 28.0 Å². The number of fused-ring (bicyclic) bond motifs is 1. The average molecular weight is 419 g/mol. The first-order valence-corrected chi connectivity index (χ1v) is 10.3. The quantitative estimate of drug-likeness (QED) is 0.550. The summed E-state index contributed by atoms with van der Waals surface area (Å²) < 4.78 is 1.94. The molecule has 1 amide bonds. The van der Waals surface area contributed by atoms with Gasteiger partial charge < -0.3 is 10.4 Å². The van der Waals surface area contributed by atoms with Crippen LogP contribution in [0, 0.1) is 6.92 Å². The minimum Gasteiger partial charge on any atom is -0.394 e. The Labute approximate surface area is 172 Å². The molecule has 1 saturated heterocycles. The van der Waals surface area contributed by atoms with E-state index in [2.05, 4.69) is 10.3 Å². The third-order valence-electron chi connectivity index (χ3n) is 4.60. The maximum Gasteiger partial charge on any atom is 0.267 e. The first kappa shape index (κ1) is 20.5. The number of thioether (sulfide) groups is 1. The van der Waals surface area contributed by atoms with Crippen molar-refractivity contribution in [2.45, 2.75) is 33.2 Å². The van der Waals surface area contributed by atoms with Gasteiger partial charge in [0.1, 0.15) is 15.8 Å². The molecule has 9 heteroatoms. The number of aliphatic hydroxyl groups excluding tert-OH is 1. The van der Waals surface area contributed by atoms with Gasteiger partial charge in [0.15, 0.2) is 0 Å². The fraction of sp³-hybridized carbons (Fsp3) is 0.368. The number of nitrogens with zero attached hydrogens (tertiary/aromatic N) is 3. The number of pyridine rings is 1. The van der Waals surface area contributed by atoms with Crippen LogP contribution in [-0.4, -0.2) is 48.8 Å². The van der Waals surface area contributed by atoms with Gasteiger partial charge in [-0.25, -0.2) is 4.98 Å². The Bertz CT molecular complexity index is 1030. The third-order valence-corrected chi connectivity index (χ3v) is 5.98. The lowest BCUT2D eigenvalue weighted by molar-refractivity contribution is -0.121. The van der Waals surface area contributed by atoms with Gasteiger partial charge in [-0.05, 0) is 38.0 Å². The Morgan fingerprint density at radius 1 is 1.39 bits per heavy atom. The monoisotopic (exact) mass is 418 g/mol. The van der Waals surface area contributed by atoms with E-state index in [9.17, 15) is 14.7 Å². The number of aromatic nitrogens is 2. The lowest BCUT2D eigenvalue weighted by Crippen LogP contribution is -2.28. The second-order valence-corrected chi connectivity index (χ2v) is 8.10. The minimum atomic E-state index is -0.286. The van der Waals surface area contributed by atoms with Crippen molar-refractivity contribution in [3.05, 3.63) is 44.7 Å². The van der Waals surface area contributed by atoms with Crippen molar-refractivity contribution in [1.29, 1.82) is 0 Å². The van der Waals surface area contributed by atoms with E-state index < -0.39 is 0 Å². The van der Waals surface area contributed by atoms with E-state index in [0.29, 0.717) is 33.7 Å². The summed E-state index contributed by atoms with van der Waals surface area (Å²) in [5, 5.41) is 12.7. The van der Waals surface area contributed by atoms with Crippen molar-refractivity contribution < 1.29 is 9.90 Å². The van der Waals surface area contributed by atoms with Gasteiger partial charge in [0.25, 0.3) is 11.5 Å². The van der Waals surface area contributed by atoms with Crippen LogP contribution >= 0.6 is 24.0 Å². The van der Waals surface area contributed by atoms with Gasteiger partial charge in [0.2, 0.25) is 0 Å². The van der Waals surface area contributed by atoms with Gasteiger partial charge in [-0.1, -0.05) is 37.0 Å². The smallest absolute Gasteiger partial charge is 0.267 e. The Morgan fingerprint density at radius 2 is 2.14 bits per heavy atom. The van der Waals surface area contributed by atoms with Gasteiger partial charge >= 0.3 is 0 Å². The topological polar surface area (TPSA) is 86.9 Å². The lowest BCUT2D eigenvalue weighted by Gasteiger charge is -2.17. The molecule has 7 nitrogen and oxygen atoms in total. The molecule has 2 aromatic rings. The van der Waals surface area contributed by atoms with Crippen LogP contribution < -0.4 is 10.9 Å². The second kappa shape index (κ2) is 8.42. The summed E-state index contributed by atoms with van der Waals surface area (Å²) >= 11 is 6.43. The molecule has 0 aliphatic carbocycles. The minimum absolute atomic E-state index is 0.0945. The highest BCUT2D eigenvalue weighted by Gasteiger charge is 2.31. The van der Waals surface area contributed by atoms with Crippen LogP contribution in [0.5, 0.6) is 0 Å². The predicted octanol–water partition coefficient (Wildman–Crippen LogP) is 2.41. The Morgan fingerprint density at radius 3 is 2.75 bits per heavy atom. The molecule has 0 spiro atoms. The van der Waals surface area contributed by atoms with E-state index in [0.717, 1.165) is 5.56 Å². The standard InChI is InChI=1S/C19H22N4O3S2/c1-4-12(10-24)20-15-13(9-14-18(26)22(5-2)19(27)28-14)17(25)23-8-6-7-11(3)16(23)21-15/h6-9,12,20,24H,4-5,10H2,1-3H3. The van der Waals surface area contributed by atoms with E-state index in [1.54, 1.807) is 18.3 Å². The van der Waals surface area contributed by atoms with Crippen LogP contribution in [0.2, 0.25) is 0 Å². The molecule has 3 heterocycles. The Kier molecular flexibility index (Phi) is 6.17. The average Bonchev–Trinajstić information content (AvgIpc) is 2.95. The van der Waals surface area contributed by atoms with Crippen molar-refractivity contribution in [1.82, 2.24) is 14.3 Å². The van der Waals surface area contributed by atoms with Gasteiger partial charge in [-0.15, -0.1) is 0 Å². The molecule has 148 valence electrons. The van der Waals surface area contributed by atoms with E-state index in [1.807, 2.05) is 26.8 Å². The summed E-state index contributed by atoms with van der Waals surface area (Å²) in [4.78, 5) is 32.3. The number of hydrogen-bond donors (Lipinski definition) is 2. The van der Waals surface area contributed by atoms with E-state index in [4.69, 9.17) is 12.2 Å². The molecule has 2 N–H and O–H groups in total.